The van der Waals surface area contributed by atoms with Crippen LogP contribution < -0.4 is 14.4 Å². The Morgan fingerprint density at radius 2 is 1.77 bits per heavy atom. The Balaban J connectivity index is 1.35. The molecule has 5 heteroatoms. The van der Waals surface area contributed by atoms with Crippen molar-refractivity contribution in [3.05, 3.63) is 54.1 Å². The number of amides is 1. The standard InChI is InChI=1S/C21H24N2O3/c1-25-19-8-6-18(7-9-19)22-10-12-23(13-11-22)21(24)17-14-16-4-2-3-5-20(16)26-15-17/h2-9,17H,10-15H2,1H3/t17-/m0/s1. The van der Waals surface area contributed by atoms with Gasteiger partial charge in [-0.15, -0.1) is 0 Å². The first-order valence-corrected chi connectivity index (χ1v) is 9.13. The van der Waals surface area contributed by atoms with E-state index in [1.807, 2.05) is 35.2 Å². The first-order valence-electron chi connectivity index (χ1n) is 9.13. The van der Waals surface area contributed by atoms with Crippen LogP contribution in [0.15, 0.2) is 48.5 Å². The van der Waals surface area contributed by atoms with Gasteiger partial charge in [0, 0.05) is 31.9 Å². The fourth-order valence-corrected chi connectivity index (χ4v) is 3.72. The molecule has 1 saturated heterocycles. The van der Waals surface area contributed by atoms with Gasteiger partial charge >= 0.3 is 0 Å². The predicted molar refractivity (Wildman–Crippen MR) is 101 cm³/mol. The van der Waals surface area contributed by atoms with Crippen LogP contribution >= 0.6 is 0 Å². The SMILES string of the molecule is COc1ccc(N2CCN(C(=O)[C@@H]3COc4ccccc4C3)CC2)cc1. The molecule has 0 N–H and O–H groups in total. The van der Waals surface area contributed by atoms with Crippen LogP contribution in [0.1, 0.15) is 5.56 Å². The fourth-order valence-electron chi connectivity index (χ4n) is 3.72. The first-order chi connectivity index (χ1) is 12.7. The summed E-state index contributed by atoms with van der Waals surface area (Å²) in [5.74, 6) is 1.92. The number of piperazine rings is 1. The minimum absolute atomic E-state index is 0.0718. The van der Waals surface area contributed by atoms with E-state index in [1.165, 1.54) is 5.69 Å². The molecule has 2 heterocycles. The second-order valence-electron chi connectivity index (χ2n) is 6.83. The molecule has 26 heavy (non-hydrogen) atoms. The van der Waals surface area contributed by atoms with Gasteiger partial charge in [0.1, 0.15) is 18.1 Å². The molecule has 0 aliphatic carbocycles. The summed E-state index contributed by atoms with van der Waals surface area (Å²) in [6, 6.07) is 16.1. The van der Waals surface area contributed by atoms with Gasteiger partial charge in [-0.3, -0.25) is 4.79 Å². The van der Waals surface area contributed by atoms with E-state index in [4.69, 9.17) is 9.47 Å². The second-order valence-corrected chi connectivity index (χ2v) is 6.83. The predicted octanol–water partition coefficient (Wildman–Crippen LogP) is 2.60. The van der Waals surface area contributed by atoms with E-state index in [1.54, 1.807) is 7.11 Å². The maximum Gasteiger partial charge on any atom is 0.229 e. The van der Waals surface area contributed by atoms with E-state index in [2.05, 4.69) is 23.1 Å². The zero-order chi connectivity index (χ0) is 17.9. The minimum atomic E-state index is -0.0718. The van der Waals surface area contributed by atoms with Crippen molar-refractivity contribution in [2.45, 2.75) is 6.42 Å². The second kappa shape index (κ2) is 7.28. The van der Waals surface area contributed by atoms with Crippen molar-refractivity contribution < 1.29 is 14.3 Å². The highest BCUT2D eigenvalue weighted by atomic mass is 16.5. The molecule has 1 atom stereocenters. The largest absolute Gasteiger partial charge is 0.497 e. The Kier molecular flexibility index (Phi) is 4.69. The summed E-state index contributed by atoms with van der Waals surface area (Å²) in [5.41, 5.74) is 2.31. The summed E-state index contributed by atoms with van der Waals surface area (Å²) in [4.78, 5) is 17.2. The number of ether oxygens (including phenoxy) is 2. The van der Waals surface area contributed by atoms with Gasteiger partial charge in [-0.05, 0) is 42.3 Å². The summed E-state index contributed by atoms with van der Waals surface area (Å²) >= 11 is 0. The number of hydrogen-bond donors (Lipinski definition) is 0. The van der Waals surface area contributed by atoms with Crippen LogP contribution in [-0.4, -0.2) is 50.7 Å². The molecule has 2 aliphatic rings. The molecule has 1 fully saturated rings. The molecule has 136 valence electrons. The number of benzene rings is 2. The molecule has 5 nitrogen and oxygen atoms in total. The van der Waals surface area contributed by atoms with Crippen molar-refractivity contribution >= 4 is 11.6 Å². The third-order valence-electron chi connectivity index (χ3n) is 5.26. The van der Waals surface area contributed by atoms with E-state index in [9.17, 15) is 4.79 Å². The Morgan fingerprint density at radius 3 is 2.50 bits per heavy atom. The third-order valence-corrected chi connectivity index (χ3v) is 5.26. The number of fused-ring (bicyclic) bond motifs is 1. The van der Waals surface area contributed by atoms with E-state index in [0.29, 0.717) is 6.61 Å². The number of methoxy groups -OCH3 is 1. The average molecular weight is 352 g/mol. The lowest BCUT2D eigenvalue weighted by atomic mass is 9.95. The molecule has 0 bridgehead atoms. The van der Waals surface area contributed by atoms with Crippen molar-refractivity contribution in [3.8, 4) is 11.5 Å². The monoisotopic (exact) mass is 352 g/mol. The van der Waals surface area contributed by atoms with Gasteiger partial charge in [0.2, 0.25) is 5.91 Å². The number of nitrogens with zero attached hydrogens (tertiary/aromatic N) is 2. The quantitative estimate of drug-likeness (QED) is 0.852. The van der Waals surface area contributed by atoms with Gasteiger partial charge in [0.15, 0.2) is 0 Å². The smallest absolute Gasteiger partial charge is 0.229 e. The topological polar surface area (TPSA) is 42.0 Å². The Morgan fingerprint density at radius 1 is 1.04 bits per heavy atom. The van der Waals surface area contributed by atoms with Gasteiger partial charge in [-0.1, -0.05) is 18.2 Å². The van der Waals surface area contributed by atoms with E-state index < -0.39 is 0 Å². The molecular weight excluding hydrogens is 328 g/mol. The lowest BCUT2D eigenvalue weighted by Crippen LogP contribution is -2.51. The number of hydrogen-bond acceptors (Lipinski definition) is 4. The highest BCUT2D eigenvalue weighted by Crippen LogP contribution is 2.28. The summed E-state index contributed by atoms with van der Waals surface area (Å²) in [7, 11) is 1.67. The van der Waals surface area contributed by atoms with Gasteiger partial charge in [-0.2, -0.15) is 0 Å². The number of para-hydroxylation sites is 1. The molecular formula is C21H24N2O3. The molecule has 1 amide bonds. The molecule has 0 saturated carbocycles. The van der Waals surface area contributed by atoms with Crippen LogP contribution in [0.2, 0.25) is 0 Å². The lowest BCUT2D eigenvalue weighted by molar-refractivity contribution is -0.137. The average Bonchev–Trinajstić information content (AvgIpc) is 2.73. The molecule has 0 spiro atoms. The van der Waals surface area contributed by atoms with Crippen molar-refractivity contribution in [1.29, 1.82) is 0 Å². The maximum atomic E-state index is 12.9. The highest BCUT2D eigenvalue weighted by molar-refractivity contribution is 5.80. The first kappa shape index (κ1) is 16.8. The minimum Gasteiger partial charge on any atom is -0.497 e. The Hall–Kier alpha value is -2.69. The lowest BCUT2D eigenvalue weighted by Gasteiger charge is -2.38. The maximum absolute atomic E-state index is 12.9. The number of rotatable bonds is 3. The fraction of sp³-hybridized carbons (Fsp3) is 0.381. The van der Waals surface area contributed by atoms with E-state index in [-0.39, 0.29) is 11.8 Å². The van der Waals surface area contributed by atoms with Crippen molar-refractivity contribution in [2.75, 3.05) is 44.8 Å². The molecule has 2 aliphatic heterocycles. The highest BCUT2D eigenvalue weighted by Gasteiger charge is 2.31. The molecule has 0 unspecified atom stereocenters. The molecule has 4 rings (SSSR count). The Bertz CT molecular complexity index is 767. The zero-order valence-corrected chi connectivity index (χ0v) is 15.1. The molecule has 0 radical (unpaired) electrons. The zero-order valence-electron chi connectivity index (χ0n) is 15.1. The van der Waals surface area contributed by atoms with Crippen LogP contribution in [0, 0.1) is 5.92 Å². The number of anilines is 1. The van der Waals surface area contributed by atoms with Gasteiger partial charge in [-0.25, -0.2) is 0 Å². The summed E-state index contributed by atoms with van der Waals surface area (Å²) in [6.07, 6.45) is 0.772. The summed E-state index contributed by atoms with van der Waals surface area (Å²) in [6.45, 7) is 3.69. The number of carbonyl (C=O) groups is 1. The molecule has 2 aromatic carbocycles. The summed E-state index contributed by atoms with van der Waals surface area (Å²) < 4.78 is 11.0. The van der Waals surface area contributed by atoms with Gasteiger partial charge in [0.25, 0.3) is 0 Å². The van der Waals surface area contributed by atoms with Crippen LogP contribution in [-0.2, 0) is 11.2 Å². The van der Waals surface area contributed by atoms with E-state index in [0.717, 1.165) is 49.7 Å². The Labute approximate surface area is 154 Å². The molecule has 2 aromatic rings. The van der Waals surface area contributed by atoms with E-state index >= 15 is 0 Å². The van der Waals surface area contributed by atoms with Gasteiger partial charge in [0.05, 0.1) is 13.0 Å². The van der Waals surface area contributed by atoms with Crippen LogP contribution in [0.5, 0.6) is 11.5 Å². The summed E-state index contributed by atoms with van der Waals surface area (Å²) in [5, 5.41) is 0. The van der Waals surface area contributed by atoms with Gasteiger partial charge < -0.3 is 19.3 Å². The van der Waals surface area contributed by atoms with Crippen molar-refractivity contribution in [1.82, 2.24) is 4.90 Å². The third kappa shape index (κ3) is 3.34. The normalized spacial score (nSPS) is 19.5. The van der Waals surface area contributed by atoms with Crippen LogP contribution in [0.3, 0.4) is 0 Å². The molecule has 0 aromatic heterocycles. The van der Waals surface area contributed by atoms with Crippen molar-refractivity contribution in [2.24, 2.45) is 5.92 Å². The van der Waals surface area contributed by atoms with Crippen molar-refractivity contribution in [3.63, 3.8) is 0 Å². The van der Waals surface area contributed by atoms with Crippen LogP contribution in [0.25, 0.3) is 0 Å². The van der Waals surface area contributed by atoms with Crippen LogP contribution in [0.4, 0.5) is 5.69 Å². The number of carbonyl (C=O) groups excluding carboxylic acids is 1.